The monoisotopic (exact) mass is 357 g/mol. The second-order valence-corrected chi connectivity index (χ2v) is 6.08. The number of methoxy groups -OCH3 is 1. The summed E-state index contributed by atoms with van der Waals surface area (Å²) in [6.45, 7) is 4.27. The van der Waals surface area contributed by atoms with Gasteiger partial charge in [-0.25, -0.2) is 4.90 Å². The van der Waals surface area contributed by atoms with Gasteiger partial charge in [0.15, 0.2) is 0 Å². The summed E-state index contributed by atoms with van der Waals surface area (Å²) in [6.07, 6.45) is 0.0694. The smallest absolute Gasteiger partial charge is 0.261 e. The summed E-state index contributed by atoms with van der Waals surface area (Å²) in [6, 6.07) is 2.96. The molecule has 7 heteroatoms. The maximum Gasteiger partial charge on any atom is 0.261 e. The highest BCUT2D eigenvalue weighted by molar-refractivity contribution is 6.39. The summed E-state index contributed by atoms with van der Waals surface area (Å²) < 4.78 is 10.4. The summed E-state index contributed by atoms with van der Waals surface area (Å²) >= 11 is 12.3. The number of amides is 2. The van der Waals surface area contributed by atoms with E-state index in [1.807, 2.05) is 0 Å². The minimum Gasteiger partial charge on any atom is -0.490 e. The van der Waals surface area contributed by atoms with Crippen LogP contribution in [0.3, 0.4) is 0 Å². The number of halogens is 2. The highest BCUT2D eigenvalue weighted by Gasteiger charge is 2.37. The van der Waals surface area contributed by atoms with Crippen LogP contribution in [0.15, 0.2) is 23.3 Å². The van der Waals surface area contributed by atoms with Crippen molar-refractivity contribution in [2.24, 2.45) is 0 Å². The van der Waals surface area contributed by atoms with Gasteiger partial charge in [-0.1, -0.05) is 28.8 Å². The van der Waals surface area contributed by atoms with E-state index in [9.17, 15) is 9.59 Å². The molecule has 0 aliphatic carbocycles. The molecule has 23 heavy (non-hydrogen) atoms. The van der Waals surface area contributed by atoms with Crippen LogP contribution in [0.1, 0.15) is 20.3 Å². The fourth-order valence-electron chi connectivity index (χ4n) is 2.22. The number of carbonyl (C=O) groups excluding carboxylic acids is 2. The maximum atomic E-state index is 12.5. The van der Waals surface area contributed by atoms with Gasteiger partial charge in [-0.3, -0.25) is 9.59 Å². The number of anilines is 1. The van der Waals surface area contributed by atoms with Crippen molar-refractivity contribution in [2.75, 3.05) is 25.2 Å². The first-order valence-electron chi connectivity index (χ1n) is 7.01. The number of ether oxygens (including phenoxy) is 2. The lowest BCUT2D eigenvalue weighted by atomic mass is 10.1. The molecule has 1 heterocycles. The fraction of sp³-hybridized carbons (Fsp3) is 0.375. The van der Waals surface area contributed by atoms with Gasteiger partial charge in [0.05, 0.1) is 28.8 Å². The molecule has 1 aliphatic rings. The van der Waals surface area contributed by atoms with Crippen molar-refractivity contribution in [2.45, 2.75) is 20.3 Å². The van der Waals surface area contributed by atoms with Gasteiger partial charge in [0.2, 0.25) is 5.91 Å². The van der Waals surface area contributed by atoms with Gasteiger partial charge in [0.1, 0.15) is 12.4 Å². The molecule has 0 N–H and O–H groups in total. The zero-order chi connectivity index (χ0) is 17.1. The van der Waals surface area contributed by atoms with Crippen molar-refractivity contribution in [3.05, 3.63) is 33.3 Å². The number of hydrogen-bond donors (Lipinski definition) is 0. The molecule has 1 aromatic rings. The van der Waals surface area contributed by atoms with Crippen molar-refractivity contribution in [3.63, 3.8) is 0 Å². The van der Waals surface area contributed by atoms with Crippen LogP contribution in [0.2, 0.25) is 10.0 Å². The van der Waals surface area contributed by atoms with Crippen LogP contribution >= 0.6 is 23.2 Å². The summed E-state index contributed by atoms with van der Waals surface area (Å²) in [5.41, 5.74) is 1.57. The predicted octanol–water partition coefficient (Wildman–Crippen LogP) is 3.62. The van der Waals surface area contributed by atoms with Crippen LogP contribution in [0.4, 0.5) is 5.69 Å². The topological polar surface area (TPSA) is 55.8 Å². The average Bonchev–Trinajstić information content (AvgIpc) is 2.77. The van der Waals surface area contributed by atoms with E-state index < -0.39 is 0 Å². The van der Waals surface area contributed by atoms with E-state index in [-0.39, 0.29) is 28.9 Å². The Morgan fingerprint density at radius 1 is 1.17 bits per heavy atom. The van der Waals surface area contributed by atoms with Gasteiger partial charge in [-0.15, -0.1) is 0 Å². The summed E-state index contributed by atoms with van der Waals surface area (Å²) in [5.74, 6) is -0.338. The zero-order valence-corrected chi connectivity index (χ0v) is 14.6. The Morgan fingerprint density at radius 2 is 1.87 bits per heavy atom. The molecule has 0 bridgehead atoms. The first kappa shape index (κ1) is 17.8. The molecule has 0 radical (unpaired) electrons. The van der Waals surface area contributed by atoms with E-state index in [0.29, 0.717) is 29.6 Å². The van der Waals surface area contributed by atoms with Crippen LogP contribution in [-0.2, 0) is 14.3 Å². The van der Waals surface area contributed by atoms with E-state index in [2.05, 4.69) is 0 Å². The minimum absolute atomic E-state index is 0.0694. The van der Waals surface area contributed by atoms with Gasteiger partial charge in [0, 0.05) is 18.7 Å². The first-order valence-corrected chi connectivity index (χ1v) is 7.76. The van der Waals surface area contributed by atoms with Gasteiger partial charge in [-0.05, 0) is 19.9 Å². The van der Waals surface area contributed by atoms with Crippen LogP contribution in [0.5, 0.6) is 5.75 Å². The Morgan fingerprint density at radius 3 is 2.43 bits per heavy atom. The third kappa shape index (κ3) is 3.68. The molecular formula is C16H17Cl2NO4. The quantitative estimate of drug-likeness (QED) is 0.458. The molecule has 1 aliphatic heterocycles. The molecule has 124 valence electrons. The third-order valence-corrected chi connectivity index (χ3v) is 4.03. The standard InChI is InChI=1S/C16H17Cl2NO4/c1-9(2)10-6-15(20)19(16(10)21)13-8-14(23-5-4-22-3)12(18)7-11(13)17/h7-8H,4-6H2,1-3H3. The molecule has 1 aromatic carbocycles. The average molecular weight is 358 g/mol. The number of rotatable bonds is 5. The summed E-state index contributed by atoms with van der Waals surface area (Å²) in [4.78, 5) is 25.8. The van der Waals surface area contributed by atoms with Crippen molar-refractivity contribution in [1.29, 1.82) is 0 Å². The number of benzene rings is 1. The molecule has 0 spiro atoms. The lowest BCUT2D eigenvalue weighted by Crippen LogP contribution is -2.29. The lowest BCUT2D eigenvalue weighted by molar-refractivity contribution is -0.120. The molecule has 0 atom stereocenters. The number of hydrogen-bond acceptors (Lipinski definition) is 4. The Hall–Kier alpha value is -1.56. The fourth-order valence-corrected chi connectivity index (χ4v) is 2.75. The highest BCUT2D eigenvalue weighted by atomic mass is 35.5. The molecule has 0 saturated carbocycles. The van der Waals surface area contributed by atoms with Gasteiger partial charge in [0.25, 0.3) is 5.91 Å². The molecule has 1 fully saturated rings. The van der Waals surface area contributed by atoms with E-state index >= 15 is 0 Å². The lowest BCUT2D eigenvalue weighted by Gasteiger charge is -2.18. The highest BCUT2D eigenvalue weighted by Crippen LogP contribution is 2.39. The van der Waals surface area contributed by atoms with Gasteiger partial charge in [-0.2, -0.15) is 0 Å². The first-order chi connectivity index (χ1) is 10.9. The van der Waals surface area contributed by atoms with Gasteiger partial charge < -0.3 is 9.47 Å². The number of allylic oxidation sites excluding steroid dienone is 1. The zero-order valence-electron chi connectivity index (χ0n) is 13.1. The molecule has 2 amide bonds. The molecule has 0 unspecified atom stereocenters. The van der Waals surface area contributed by atoms with Crippen molar-refractivity contribution >= 4 is 40.7 Å². The van der Waals surface area contributed by atoms with Crippen molar-refractivity contribution in [3.8, 4) is 5.75 Å². The van der Waals surface area contributed by atoms with Crippen LogP contribution in [0, 0.1) is 0 Å². The summed E-state index contributed by atoms with van der Waals surface area (Å²) in [7, 11) is 1.56. The van der Waals surface area contributed by atoms with E-state index in [0.717, 1.165) is 10.5 Å². The predicted molar refractivity (Wildman–Crippen MR) is 89.3 cm³/mol. The van der Waals surface area contributed by atoms with Crippen molar-refractivity contribution in [1.82, 2.24) is 0 Å². The number of imide groups is 1. The maximum absolute atomic E-state index is 12.5. The molecule has 2 rings (SSSR count). The van der Waals surface area contributed by atoms with Crippen LogP contribution in [-0.4, -0.2) is 32.1 Å². The Balaban J connectivity index is 2.39. The van der Waals surface area contributed by atoms with Crippen molar-refractivity contribution < 1.29 is 19.1 Å². The third-order valence-electron chi connectivity index (χ3n) is 3.43. The minimum atomic E-state index is -0.359. The van der Waals surface area contributed by atoms with Crippen LogP contribution in [0.25, 0.3) is 0 Å². The Bertz CT molecular complexity index is 681. The number of nitrogens with zero attached hydrogens (tertiary/aromatic N) is 1. The molecule has 0 aromatic heterocycles. The number of carbonyl (C=O) groups is 2. The SMILES string of the molecule is COCCOc1cc(N2C(=O)CC(=C(C)C)C2=O)c(Cl)cc1Cl. The molecular weight excluding hydrogens is 341 g/mol. The Labute approximate surface area is 144 Å². The van der Waals surface area contributed by atoms with E-state index in [4.69, 9.17) is 32.7 Å². The van der Waals surface area contributed by atoms with Crippen LogP contribution < -0.4 is 9.64 Å². The van der Waals surface area contributed by atoms with E-state index in [1.165, 1.54) is 12.1 Å². The second-order valence-electron chi connectivity index (χ2n) is 5.26. The molecule has 5 nitrogen and oxygen atoms in total. The molecule has 1 saturated heterocycles. The second kappa shape index (κ2) is 7.34. The summed E-state index contributed by atoms with van der Waals surface area (Å²) in [5, 5.41) is 0.516. The van der Waals surface area contributed by atoms with E-state index in [1.54, 1.807) is 21.0 Å². The Kier molecular flexibility index (Phi) is 5.68. The largest absolute Gasteiger partial charge is 0.490 e. The van der Waals surface area contributed by atoms with Gasteiger partial charge >= 0.3 is 0 Å². The normalized spacial score (nSPS) is 14.7.